The largest absolute Gasteiger partial charge is 0.243 e. The zero-order valence-corrected chi connectivity index (χ0v) is 14.9. The highest BCUT2D eigenvalue weighted by Gasteiger charge is 2.29. The van der Waals surface area contributed by atoms with Crippen LogP contribution in [0.25, 0.3) is 0 Å². The summed E-state index contributed by atoms with van der Waals surface area (Å²) in [6, 6.07) is 27.7. The predicted molar refractivity (Wildman–Crippen MR) is 100 cm³/mol. The molecule has 4 heteroatoms. The predicted octanol–water partition coefficient (Wildman–Crippen LogP) is 4.64. The zero-order valence-electron chi connectivity index (χ0n) is 14.1. The fraction of sp³-hybridized carbons (Fsp3) is 0.143. The van der Waals surface area contributed by atoms with Gasteiger partial charge in [0.1, 0.15) is 0 Å². The summed E-state index contributed by atoms with van der Waals surface area (Å²) in [4.78, 5) is 0.314. The van der Waals surface area contributed by atoms with Gasteiger partial charge >= 0.3 is 0 Å². The Kier molecular flexibility index (Phi) is 5.31. The lowest BCUT2D eigenvalue weighted by atomic mass is 10.1. The van der Waals surface area contributed by atoms with E-state index in [9.17, 15) is 8.42 Å². The SMILES string of the molecule is CC(c1ccccc1)N(Cc1ccccc1)S(=O)(=O)c1ccccc1. The summed E-state index contributed by atoms with van der Waals surface area (Å²) in [5, 5.41) is 0. The van der Waals surface area contributed by atoms with Crippen molar-refractivity contribution < 1.29 is 8.42 Å². The topological polar surface area (TPSA) is 37.4 Å². The summed E-state index contributed by atoms with van der Waals surface area (Å²) in [6.45, 7) is 2.26. The Labute approximate surface area is 149 Å². The Balaban J connectivity index is 2.03. The minimum atomic E-state index is -3.61. The lowest BCUT2D eigenvalue weighted by molar-refractivity contribution is 0.336. The second kappa shape index (κ2) is 7.64. The van der Waals surface area contributed by atoms with Crippen molar-refractivity contribution in [2.24, 2.45) is 0 Å². The van der Waals surface area contributed by atoms with Gasteiger partial charge in [0.15, 0.2) is 0 Å². The molecule has 3 nitrogen and oxygen atoms in total. The first-order valence-electron chi connectivity index (χ1n) is 8.25. The van der Waals surface area contributed by atoms with Gasteiger partial charge in [-0.15, -0.1) is 0 Å². The summed E-state index contributed by atoms with van der Waals surface area (Å²) in [5.41, 5.74) is 1.93. The molecule has 1 atom stereocenters. The van der Waals surface area contributed by atoms with Gasteiger partial charge in [-0.1, -0.05) is 78.9 Å². The lowest BCUT2D eigenvalue weighted by Crippen LogP contribution is -2.33. The van der Waals surface area contributed by atoms with Crippen LogP contribution in [0.3, 0.4) is 0 Å². The van der Waals surface area contributed by atoms with Crippen molar-refractivity contribution in [3.8, 4) is 0 Å². The first kappa shape index (κ1) is 17.4. The Bertz CT molecular complexity index is 894. The molecule has 1 unspecified atom stereocenters. The van der Waals surface area contributed by atoms with Crippen LogP contribution in [-0.4, -0.2) is 12.7 Å². The molecule has 0 fully saturated rings. The smallest absolute Gasteiger partial charge is 0.207 e. The van der Waals surface area contributed by atoms with Crippen molar-refractivity contribution in [2.75, 3.05) is 0 Å². The number of benzene rings is 3. The zero-order chi connectivity index (χ0) is 17.7. The summed E-state index contributed by atoms with van der Waals surface area (Å²) >= 11 is 0. The molecule has 0 saturated heterocycles. The number of hydrogen-bond acceptors (Lipinski definition) is 2. The molecule has 0 heterocycles. The van der Waals surface area contributed by atoms with Gasteiger partial charge in [0.25, 0.3) is 0 Å². The Morgan fingerprint density at radius 1 is 0.760 bits per heavy atom. The van der Waals surface area contributed by atoms with Gasteiger partial charge in [-0.05, 0) is 30.2 Å². The maximum Gasteiger partial charge on any atom is 0.243 e. The van der Waals surface area contributed by atoms with Gasteiger partial charge in [0, 0.05) is 12.6 Å². The van der Waals surface area contributed by atoms with Gasteiger partial charge in [-0.25, -0.2) is 8.42 Å². The fourth-order valence-corrected chi connectivity index (χ4v) is 4.45. The van der Waals surface area contributed by atoms with Gasteiger partial charge < -0.3 is 0 Å². The molecule has 0 aliphatic carbocycles. The van der Waals surface area contributed by atoms with Crippen molar-refractivity contribution >= 4 is 10.0 Å². The second-order valence-electron chi connectivity index (χ2n) is 5.94. The van der Waals surface area contributed by atoms with E-state index in [1.54, 1.807) is 28.6 Å². The summed E-state index contributed by atoms with van der Waals surface area (Å²) in [6.07, 6.45) is 0. The molecule has 0 spiro atoms. The van der Waals surface area contributed by atoms with Crippen LogP contribution in [0.4, 0.5) is 0 Å². The third-order valence-electron chi connectivity index (χ3n) is 4.24. The van der Waals surface area contributed by atoms with Crippen LogP contribution in [0.5, 0.6) is 0 Å². The van der Waals surface area contributed by atoms with E-state index in [-0.39, 0.29) is 6.04 Å². The third kappa shape index (κ3) is 3.98. The lowest BCUT2D eigenvalue weighted by Gasteiger charge is -2.29. The standard InChI is InChI=1S/C21H21NO2S/c1-18(20-13-7-3-8-14-20)22(17-19-11-5-2-6-12-19)25(23,24)21-15-9-4-10-16-21/h2-16,18H,17H2,1H3. The molecule has 128 valence electrons. The van der Waals surface area contributed by atoms with Crippen LogP contribution in [-0.2, 0) is 16.6 Å². The minimum absolute atomic E-state index is 0.272. The van der Waals surface area contributed by atoms with E-state index in [2.05, 4.69) is 0 Å². The van der Waals surface area contributed by atoms with E-state index < -0.39 is 10.0 Å². The van der Waals surface area contributed by atoms with E-state index in [0.717, 1.165) is 11.1 Å². The van der Waals surface area contributed by atoms with Crippen molar-refractivity contribution in [3.05, 3.63) is 102 Å². The third-order valence-corrected chi connectivity index (χ3v) is 6.18. The van der Waals surface area contributed by atoms with Crippen molar-refractivity contribution in [1.82, 2.24) is 4.31 Å². The molecule has 0 saturated carbocycles. The fourth-order valence-electron chi connectivity index (χ4n) is 2.82. The molecule has 3 rings (SSSR count). The Hall–Kier alpha value is -2.43. The van der Waals surface area contributed by atoms with E-state index in [0.29, 0.717) is 11.4 Å². The van der Waals surface area contributed by atoms with Crippen LogP contribution in [0, 0.1) is 0 Å². The number of rotatable bonds is 6. The van der Waals surface area contributed by atoms with Crippen molar-refractivity contribution in [1.29, 1.82) is 0 Å². The highest BCUT2D eigenvalue weighted by atomic mass is 32.2. The van der Waals surface area contributed by atoms with Gasteiger partial charge in [0.2, 0.25) is 10.0 Å². The highest BCUT2D eigenvalue weighted by molar-refractivity contribution is 7.89. The van der Waals surface area contributed by atoms with Crippen LogP contribution in [0.2, 0.25) is 0 Å². The Morgan fingerprint density at radius 2 is 1.24 bits per heavy atom. The quantitative estimate of drug-likeness (QED) is 0.649. The maximum absolute atomic E-state index is 13.3. The first-order valence-corrected chi connectivity index (χ1v) is 9.69. The number of nitrogens with zero attached hydrogens (tertiary/aromatic N) is 1. The molecular formula is C21H21NO2S. The first-order chi connectivity index (χ1) is 12.1. The molecule has 0 bridgehead atoms. The molecule has 0 radical (unpaired) electrons. The van der Waals surface area contributed by atoms with E-state index in [1.165, 1.54) is 0 Å². The summed E-state index contributed by atoms with van der Waals surface area (Å²) < 4.78 is 28.1. The summed E-state index contributed by atoms with van der Waals surface area (Å²) in [5.74, 6) is 0. The van der Waals surface area contributed by atoms with Crippen molar-refractivity contribution in [2.45, 2.75) is 24.4 Å². The summed E-state index contributed by atoms with van der Waals surface area (Å²) in [7, 11) is -3.61. The average Bonchev–Trinajstić information content (AvgIpc) is 2.67. The Morgan fingerprint density at radius 3 is 1.80 bits per heavy atom. The van der Waals surface area contributed by atoms with Crippen LogP contribution in [0.15, 0.2) is 95.9 Å². The van der Waals surface area contributed by atoms with Crippen LogP contribution in [0.1, 0.15) is 24.1 Å². The molecular weight excluding hydrogens is 330 g/mol. The molecule has 25 heavy (non-hydrogen) atoms. The molecule has 0 N–H and O–H groups in total. The van der Waals surface area contributed by atoms with E-state index >= 15 is 0 Å². The normalized spacial score (nSPS) is 12.9. The highest BCUT2D eigenvalue weighted by Crippen LogP contribution is 2.29. The molecule has 0 aromatic heterocycles. The van der Waals surface area contributed by atoms with Crippen LogP contribution >= 0.6 is 0 Å². The van der Waals surface area contributed by atoms with Gasteiger partial charge in [0.05, 0.1) is 4.90 Å². The van der Waals surface area contributed by atoms with Gasteiger partial charge in [-0.3, -0.25) is 0 Å². The maximum atomic E-state index is 13.3. The average molecular weight is 351 g/mol. The molecule has 0 aliphatic rings. The second-order valence-corrected chi connectivity index (χ2v) is 7.83. The number of sulfonamides is 1. The van der Waals surface area contributed by atoms with Crippen LogP contribution < -0.4 is 0 Å². The number of hydrogen-bond donors (Lipinski definition) is 0. The molecule has 3 aromatic carbocycles. The monoisotopic (exact) mass is 351 g/mol. The molecule has 0 aliphatic heterocycles. The van der Waals surface area contributed by atoms with E-state index in [4.69, 9.17) is 0 Å². The minimum Gasteiger partial charge on any atom is -0.207 e. The van der Waals surface area contributed by atoms with Gasteiger partial charge in [-0.2, -0.15) is 4.31 Å². The van der Waals surface area contributed by atoms with Crippen molar-refractivity contribution in [3.63, 3.8) is 0 Å². The molecule has 0 amide bonds. The van der Waals surface area contributed by atoms with E-state index in [1.807, 2.05) is 73.7 Å². The molecule has 3 aromatic rings.